The fraction of sp³-hybridized carbons (Fsp3) is 0.385. The molecule has 1 fully saturated rings. The molecule has 1 atom stereocenters. The number of aromatic nitrogens is 1. The molecule has 2 heterocycles. The van der Waals surface area contributed by atoms with E-state index >= 15 is 0 Å². The van der Waals surface area contributed by atoms with Crippen LogP contribution >= 0.6 is 22.9 Å². The van der Waals surface area contributed by atoms with Crippen molar-refractivity contribution in [1.82, 2.24) is 4.98 Å². The number of carbonyl (C=O) groups is 1. The highest BCUT2D eigenvalue weighted by molar-refractivity contribution is 7.22. The third-order valence-electron chi connectivity index (χ3n) is 3.11. The van der Waals surface area contributed by atoms with Crippen molar-refractivity contribution in [2.75, 3.05) is 18.5 Å². The minimum atomic E-state index is -0.0654. The highest BCUT2D eigenvalue weighted by Gasteiger charge is 2.22. The maximum atomic E-state index is 12.1. The van der Waals surface area contributed by atoms with Gasteiger partial charge in [-0.3, -0.25) is 4.79 Å². The van der Waals surface area contributed by atoms with Crippen LogP contribution in [-0.2, 0) is 9.53 Å². The van der Waals surface area contributed by atoms with E-state index in [1.165, 1.54) is 11.3 Å². The lowest BCUT2D eigenvalue weighted by Crippen LogP contribution is -2.30. The lowest BCUT2D eigenvalue weighted by Gasteiger charge is -2.20. The smallest absolute Gasteiger partial charge is 0.231 e. The number of hydrogen-bond donors (Lipinski definition) is 1. The first kappa shape index (κ1) is 12.8. The zero-order chi connectivity index (χ0) is 13.2. The number of thiazole rings is 1. The lowest BCUT2D eigenvalue weighted by molar-refractivity contribution is -0.123. The van der Waals surface area contributed by atoms with Gasteiger partial charge < -0.3 is 10.1 Å². The summed E-state index contributed by atoms with van der Waals surface area (Å²) < 4.78 is 6.30. The minimum absolute atomic E-state index is 0.00940. The molecule has 0 saturated carbocycles. The number of hydrogen-bond acceptors (Lipinski definition) is 4. The maximum absolute atomic E-state index is 12.1. The lowest BCUT2D eigenvalue weighted by atomic mass is 10.0. The maximum Gasteiger partial charge on any atom is 0.231 e. The van der Waals surface area contributed by atoms with Gasteiger partial charge in [0.2, 0.25) is 5.91 Å². The Hall–Kier alpha value is -1.17. The van der Waals surface area contributed by atoms with E-state index in [4.69, 9.17) is 16.3 Å². The summed E-state index contributed by atoms with van der Waals surface area (Å²) in [7, 11) is 0. The standard InChI is InChI=1S/C13H13ClN2O2S/c14-9-3-4-10-11(6-9)19-13(15-10)16-12(17)8-2-1-5-18-7-8/h3-4,6,8H,1-2,5,7H2,(H,15,16,17). The molecule has 2 aromatic rings. The fourth-order valence-corrected chi connectivity index (χ4v) is 3.25. The van der Waals surface area contributed by atoms with E-state index in [0.29, 0.717) is 16.8 Å². The first-order chi connectivity index (χ1) is 9.22. The summed E-state index contributed by atoms with van der Waals surface area (Å²) in [6.07, 6.45) is 1.82. The molecule has 0 radical (unpaired) electrons. The summed E-state index contributed by atoms with van der Waals surface area (Å²) in [5.41, 5.74) is 0.851. The third-order valence-corrected chi connectivity index (χ3v) is 4.28. The van der Waals surface area contributed by atoms with Crippen LogP contribution in [0.4, 0.5) is 5.13 Å². The monoisotopic (exact) mass is 296 g/mol. The number of nitrogens with one attached hydrogen (secondary N) is 1. The van der Waals surface area contributed by atoms with E-state index in [1.807, 2.05) is 12.1 Å². The molecule has 1 aromatic carbocycles. The van der Waals surface area contributed by atoms with Gasteiger partial charge in [0, 0.05) is 11.6 Å². The number of rotatable bonds is 2. The zero-order valence-electron chi connectivity index (χ0n) is 10.2. The summed E-state index contributed by atoms with van der Waals surface area (Å²) in [5.74, 6) is -0.0748. The van der Waals surface area contributed by atoms with Crippen LogP contribution in [-0.4, -0.2) is 24.1 Å². The van der Waals surface area contributed by atoms with Gasteiger partial charge in [0.05, 0.1) is 22.7 Å². The molecule has 1 N–H and O–H groups in total. The molecule has 0 spiro atoms. The number of fused-ring (bicyclic) bond motifs is 1. The average molecular weight is 297 g/mol. The van der Waals surface area contributed by atoms with Crippen molar-refractivity contribution in [2.45, 2.75) is 12.8 Å². The molecular formula is C13H13ClN2O2S. The van der Waals surface area contributed by atoms with Crippen molar-refractivity contribution in [3.05, 3.63) is 23.2 Å². The van der Waals surface area contributed by atoms with Crippen LogP contribution in [0.2, 0.25) is 5.02 Å². The molecule has 0 bridgehead atoms. The number of nitrogens with zero attached hydrogens (tertiary/aromatic N) is 1. The van der Waals surface area contributed by atoms with Gasteiger partial charge in [-0.25, -0.2) is 4.98 Å². The summed E-state index contributed by atoms with van der Waals surface area (Å²) in [5, 5.41) is 4.16. The van der Waals surface area contributed by atoms with Gasteiger partial charge in [0.1, 0.15) is 0 Å². The minimum Gasteiger partial charge on any atom is -0.381 e. The second-order valence-corrected chi connectivity index (χ2v) is 6.00. The zero-order valence-corrected chi connectivity index (χ0v) is 11.8. The van der Waals surface area contributed by atoms with E-state index in [1.54, 1.807) is 6.07 Å². The summed E-state index contributed by atoms with van der Waals surface area (Å²) in [6, 6.07) is 5.51. The molecule has 4 nitrogen and oxygen atoms in total. The molecule has 100 valence electrons. The summed E-state index contributed by atoms with van der Waals surface area (Å²) in [4.78, 5) is 16.4. The van der Waals surface area contributed by atoms with Gasteiger partial charge in [0.15, 0.2) is 5.13 Å². The third kappa shape index (κ3) is 2.88. The Bertz CT molecular complexity index is 608. The highest BCUT2D eigenvalue weighted by Crippen LogP contribution is 2.28. The molecule has 19 heavy (non-hydrogen) atoms. The average Bonchev–Trinajstić information content (AvgIpc) is 2.81. The van der Waals surface area contributed by atoms with Crippen LogP contribution in [0.15, 0.2) is 18.2 Å². The van der Waals surface area contributed by atoms with E-state index in [9.17, 15) is 4.79 Å². The molecule has 0 aliphatic carbocycles. The Kier molecular flexibility index (Phi) is 3.68. The summed E-state index contributed by atoms with van der Waals surface area (Å²) >= 11 is 7.37. The molecule has 1 aromatic heterocycles. The molecule has 1 aliphatic heterocycles. The van der Waals surface area contributed by atoms with Crippen molar-refractivity contribution >= 4 is 44.2 Å². The molecule has 3 rings (SSSR count). The van der Waals surface area contributed by atoms with E-state index in [-0.39, 0.29) is 11.8 Å². The molecule has 1 unspecified atom stereocenters. The van der Waals surface area contributed by atoms with Gasteiger partial charge >= 0.3 is 0 Å². The van der Waals surface area contributed by atoms with Crippen LogP contribution in [0.1, 0.15) is 12.8 Å². The van der Waals surface area contributed by atoms with Crippen molar-refractivity contribution in [1.29, 1.82) is 0 Å². The van der Waals surface area contributed by atoms with Crippen LogP contribution in [0.5, 0.6) is 0 Å². The molecule has 6 heteroatoms. The second kappa shape index (κ2) is 5.45. The van der Waals surface area contributed by atoms with Gasteiger partial charge in [-0.1, -0.05) is 22.9 Å². The summed E-state index contributed by atoms with van der Waals surface area (Å²) in [6.45, 7) is 1.26. The van der Waals surface area contributed by atoms with Gasteiger partial charge in [-0.05, 0) is 31.0 Å². The first-order valence-corrected chi connectivity index (χ1v) is 7.36. The number of ether oxygens (including phenoxy) is 1. The van der Waals surface area contributed by atoms with E-state index < -0.39 is 0 Å². The predicted octanol–water partition coefficient (Wildman–Crippen LogP) is 3.31. The van der Waals surface area contributed by atoms with Crippen LogP contribution < -0.4 is 5.32 Å². The van der Waals surface area contributed by atoms with Crippen LogP contribution in [0.25, 0.3) is 10.2 Å². The van der Waals surface area contributed by atoms with E-state index in [2.05, 4.69) is 10.3 Å². The number of anilines is 1. The topological polar surface area (TPSA) is 51.2 Å². The number of halogens is 1. The van der Waals surface area contributed by atoms with Crippen molar-refractivity contribution in [3.8, 4) is 0 Å². The van der Waals surface area contributed by atoms with Crippen LogP contribution in [0, 0.1) is 5.92 Å². The quantitative estimate of drug-likeness (QED) is 0.925. The molecule has 1 saturated heterocycles. The Balaban J connectivity index is 1.75. The number of amides is 1. The highest BCUT2D eigenvalue weighted by atomic mass is 35.5. The van der Waals surface area contributed by atoms with Crippen molar-refractivity contribution in [3.63, 3.8) is 0 Å². The van der Waals surface area contributed by atoms with Crippen molar-refractivity contribution in [2.24, 2.45) is 5.92 Å². The second-order valence-electron chi connectivity index (χ2n) is 4.53. The molecule has 1 amide bonds. The Morgan fingerprint density at radius 2 is 2.42 bits per heavy atom. The fourth-order valence-electron chi connectivity index (χ4n) is 2.11. The SMILES string of the molecule is O=C(Nc1nc2ccc(Cl)cc2s1)C1CCCOC1. The largest absolute Gasteiger partial charge is 0.381 e. The van der Waals surface area contributed by atoms with Gasteiger partial charge in [-0.2, -0.15) is 0 Å². The Labute approximate surface area is 119 Å². The van der Waals surface area contributed by atoms with Crippen molar-refractivity contribution < 1.29 is 9.53 Å². The predicted molar refractivity (Wildman–Crippen MR) is 76.8 cm³/mol. The van der Waals surface area contributed by atoms with Gasteiger partial charge in [0.25, 0.3) is 0 Å². The molecule has 1 aliphatic rings. The number of benzene rings is 1. The number of carbonyl (C=O) groups excluding carboxylic acids is 1. The van der Waals surface area contributed by atoms with E-state index in [0.717, 1.165) is 29.7 Å². The Morgan fingerprint density at radius 3 is 3.21 bits per heavy atom. The Morgan fingerprint density at radius 1 is 1.53 bits per heavy atom. The first-order valence-electron chi connectivity index (χ1n) is 6.17. The normalized spacial score (nSPS) is 19.5. The van der Waals surface area contributed by atoms with Crippen LogP contribution in [0.3, 0.4) is 0 Å². The molecular weight excluding hydrogens is 284 g/mol. The van der Waals surface area contributed by atoms with Gasteiger partial charge in [-0.15, -0.1) is 0 Å².